The molecule has 0 radical (unpaired) electrons. The SMILES string of the molecule is Cc1ccc(-c2nn(C3CCCC3)cc2C=O)cc1. The zero-order valence-electron chi connectivity index (χ0n) is 11.2. The number of aromatic nitrogens is 2. The van der Waals surface area contributed by atoms with Crippen molar-refractivity contribution in [3.63, 3.8) is 0 Å². The first-order valence-electron chi connectivity index (χ1n) is 6.89. The summed E-state index contributed by atoms with van der Waals surface area (Å²) in [5.41, 5.74) is 3.73. The summed E-state index contributed by atoms with van der Waals surface area (Å²) in [4.78, 5) is 11.2. The van der Waals surface area contributed by atoms with E-state index in [1.54, 1.807) is 0 Å². The van der Waals surface area contributed by atoms with Gasteiger partial charge < -0.3 is 0 Å². The topological polar surface area (TPSA) is 34.9 Å². The molecule has 0 atom stereocenters. The molecule has 1 aliphatic rings. The summed E-state index contributed by atoms with van der Waals surface area (Å²) in [6.45, 7) is 2.06. The lowest BCUT2D eigenvalue weighted by atomic mass is 10.1. The van der Waals surface area contributed by atoms with Crippen molar-refractivity contribution in [1.82, 2.24) is 9.78 Å². The highest BCUT2D eigenvalue weighted by Gasteiger charge is 2.20. The van der Waals surface area contributed by atoms with Gasteiger partial charge in [0.2, 0.25) is 0 Å². The maximum absolute atomic E-state index is 11.2. The number of hydrogen-bond acceptors (Lipinski definition) is 2. The lowest BCUT2D eigenvalue weighted by Gasteiger charge is -2.08. The number of rotatable bonds is 3. The van der Waals surface area contributed by atoms with Crippen molar-refractivity contribution in [1.29, 1.82) is 0 Å². The van der Waals surface area contributed by atoms with E-state index in [1.807, 2.05) is 23.0 Å². The van der Waals surface area contributed by atoms with Gasteiger partial charge in [-0.25, -0.2) is 0 Å². The standard InChI is InChI=1S/C16H18N2O/c1-12-6-8-13(9-7-12)16-14(11-19)10-18(17-16)15-4-2-3-5-15/h6-11,15H,2-5H2,1H3. The molecule has 0 saturated heterocycles. The maximum atomic E-state index is 11.2. The Hall–Kier alpha value is -1.90. The zero-order chi connectivity index (χ0) is 13.2. The molecule has 0 amide bonds. The van der Waals surface area contributed by atoms with Crippen LogP contribution in [0.4, 0.5) is 0 Å². The van der Waals surface area contributed by atoms with E-state index in [4.69, 9.17) is 0 Å². The van der Waals surface area contributed by atoms with Crippen LogP contribution in [0.25, 0.3) is 11.3 Å². The average molecular weight is 254 g/mol. The number of nitrogens with zero attached hydrogens (tertiary/aromatic N) is 2. The van der Waals surface area contributed by atoms with Crippen LogP contribution in [0, 0.1) is 6.92 Å². The van der Waals surface area contributed by atoms with Crippen LogP contribution >= 0.6 is 0 Å². The molecule has 1 fully saturated rings. The number of carbonyl (C=O) groups is 1. The lowest BCUT2D eigenvalue weighted by molar-refractivity contribution is 0.112. The summed E-state index contributed by atoms with van der Waals surface area (Å²) in [6.07, 6.45) is 7.69. The van der Waals surface area contributed by atoms with E-state index in [0.717, 1.165) is 17.5 Å². The molecule has 1 heterocycles. The van der Waals surface area contributed by atoms with Crippen LogP contribution in [0.2, 0.25) is 0 Å². The quantitative estimate of drug-likeness (QED) is 0.781. The van der Waals surface area contributed by atoms with E-state index in [9.17, 15) is 4.79 Å². The van der Waals surface area contributed by atoms with Crippen molar-refractivity contribution >= 4 is 6.29 Å². The summed E-state index contributed by atoms with van der Waals surface area (Å²) >= 11 is 0. The van der Waals surface area contributed by atoms with Crippen LogP contribution in [0.3, 0.4) is 0 Å². The smallest absolute Gasteiger partial charge is 0.153 e. The van der Waals surface area contributed by atoms with E-state index in [0.29, 0.717) is 11.6 Å². The highest BCUT2D eigenvalue weighted by molar-refractivity contribution is 5.85. The molecule has 0 N–H and O–H groups in total. The van der Waals surface area contributed by atoms with Crippen molar-refractivity contribution in [2.24, 2.45) is 0 Å². The third kappa shape index (κ3) is 2.33. The third-order valence-corrected chi connectivity index (χ3v) is 3.91. The summed E-state index contributed by atoms with van der Waals surface area (Å²) in [5, 5.41) is 4.65. The van der Waals surface area contributed by atoms with Crippen molar-refractivity contribution < 1.29 is 4.79 Å². The molecule has 0 bridgehead atoms. The van der Waals surface area contributed by atoms with Gasteiger partial charge in [0.25, 0.3) is 0 Å². The van der Waals surface area contributed by atoms with Crippen LogP contribution in [0.1, 0.15) is 47.6 Å². The minimum atomic E-state index is 0.470. The zero-order valence-corrected chi connectivity index (χ0v) is 11.2. The van der Waals surface area contributed by atoms with Crippen LogP contribution in [0.5, 0.6) is 0 Å². The number of benzene rings is 1. The first-order chi connectivity index (χ1) is 9.28. The highest BCUT2D eigenvalue weighted by Crippen LogP contribution is 2.31. The van der Waals surface area contributed by atoms with Crippen LogP contribution in [0.15, 0.2) is 30.5 Å². The summed E-state index contributed by atoms with van der Waals surface area (Å²) in [7, 11) is 0. The van der Waals surface area contributed by atoms with Crippen LogP contribution in [-0.4, -0.2) is 16.1 Å². The molecule has 1 aliphatic carbocycles. The first kappa shape index (κ1) is 12.2. The molecule has 0 aliphatic heterocycles. The van der Waals surface area contributed by atoms with Gasteiger partial charge in [-0.1, -0.05) is 42.7 Å². The van der Waals surface area contributed by atoms with E-state index in [-0.39, 0.29) is 0 Å². The molecular weight excluding hydrogens is 236 g/mol. The monoisotopic (exact) mass is 254 g/mol. The molecule has 1 saturated carbocycles. The minimum absolute atomic E-state index is 0.470. The minimum Gasteiger partial charge on any atom is -0.298 e. The van der Waals surface area contributed by atoms with Gasteiger partial charge in [-0.2, -0.15) is 5.10 Å². The molecule has 19 heavy (non-hydrogen) atoms. The van der Waals surface area contributed by atoms with Gasteiger partial charge in [0, 0.05) is 11.8 Å². The largest absolute Gasteiger partial charge is 0.298 e. The molecule has 1 aromatic carbocycles. The van der Waals surface area contributed by atoms with E-state index in [1.165, 1.54) is 31.2 Å². The molecule has 3 nitrogen and oxygen atoms in total. The normalized spacial score (nSPS) is 15.8. The number of aldehydes is 1. The number of aryl methyl sites for hydroxylation is 1. The summed E-state index contributed by atoms with van der Waals surface area (Å²) in [6, 6.07) is 8.64. The molecule has 3 rings (SSSR count). The lowest BCUT2D eigenvalue weighted by Crippen LogP contribution is -2.04. The Kier molecular flexibility index (Phi) is 3.20. The van der Waals surface area contributed by atoms with Crippen LogP contribution in [-0.2, 0) is 0 Å². The second-order valence-corrected chi connectivity index (χ2v) is 5.34. The van der Waals surface area contributed by atoms with E-state index in [2.05, 4.69) is 24.2 Å². The molecule has 1 aromatic heterocycles. The molecule has 2 aromatic rings. The Morgan fingerprint density at radius 2 is 1.89 bits per heavy atom. The Morgan fingerprint density at radius 1 is 1.21 bits per heavy atom. The molecule has 3 heteroatoms. The predicted octanol–water partition coefficient (Wildman–Crippen LogP) is 3.79. The fourth-order valence-corrected chi connectivity index (χ4v) is 2.78. The van der Waals surface area contributed by atoms with Gasteiger partial charge >= 0.3 is 0 Å². The van der Waals surface area contributed by atoms with Gasteiger partial charge in [-0.15, -0.1) is 0 Å². The Balaban J connectivity index is 2.00. The first-order valence-corrected chi connectivity index (χ1v) is 6.89. The second kappa shape index (κ2) is 5.00. The Bertz CT molecular complexity index is 577. The fourth-order valence-electron chi connectivity index (χ4n) is 2.78. The van der Waals surface area contributed by atoms with Crippen molar-refractivity contribution in [2.45, 2.75) is 38.6 Å². The van der Waals surface area contributed by atoms with Gasteiger partial charge in [0.15, 0.2) is 6.29 Å². The number of hydrogen-bond donors (Lipinski definition) is 0. The maximum Gasteiger partial charge on any atom is 0.153 e. The fraction of sp³-hybridized carbons (Fsp3) is 0.375. The van der Waals surface area contributed by atoms with Crippen molar-refractivity contribution in [3.8, 4) is 11.3 Å². The van der Waals surface area contributed by atoms with Crippen molar-refractivity contribution in [2.75, 3.05) is 0 Å². The second-order valence-electron chi connectivity index (χ2n) is 5.34. The van der Waals surface area contributed by atoms with Crippen LogP contribution < -0.4 is 0 Å². The average Bonchev–Trinajstić information content (AvgIpc) is 3.08. The highest BCUT2D eigenvalue weighted by atomic mass is 16.1. The third-order valence-electron chi connectivity index (χ3n) is 3.91. The van der Waals surface area contributed by atoms with Gasteiger partial charge in [-0.3, -0.25) is 9.48 Å². The molecule has 0 unspecified atom stereocenters. The summed E-state index contributed by atoms with van der Waals surface area (Å²) < 4.78 is 1.99. The Morgan fingerprint density at radius 3 is 2.53 bits per heavy atom. The van der Waals surface area contributed by atoms with E-state index >= 15 is 0 Å². The van der Waals surface area contributed by atoms with Gasteiger partial charge in [0.05, 0.1) is 11.6 Å². The molecular formula is C16H18N2O. The van der Waals surface area contributed by atoms with Gasteiger partial charge in [0.1, 0.15) is 5.69 Å². The summed E-state index contributed by atoms with van der Waals surface area (Å²) in [5.74, 6) is 0. The Labute approximate surface area is 113 Å². The van der Waals surface area contributed by atoms with E-state index < -0.39 is 0 Å². The molecule has 0 spiro atoms. The number of carbonyl (C=O) groups excluding carboxylic acids is 1. The van der Waals surface area contributed by atoms with Gasteiger partial charge in [-0.05, 0) is 19.8 Å². The molecule has 98 valence electrons. The predicted molar refractivity (Wildman–Crippen MR) is 75.3 cm³/mol. The van der Waals surface area contributed by atoms with Crippen molar-refractivity contribution in [3.05, 3.63) is 41.6 Å².